The number of urea groups is 1. The van der Waals surface area contributed by atoms with Gasteiger partial charge in [-0.05, 0) is 33.4 Å². The molecule has 0 rings (SSSR count). The first-order valence-corrected chi connectivity index (χ1v) is 6.95. The first kappa shape index (κ1) is 16.1. The summed E-state index contributed by atoms with van der Waals surface area (Å²) in [4.78, 5) is 22.1. The highest BCUT2D eigenvalue weighted by Gasteiger charge is 2.21. The molecule has 0 aliphatic carbocycles. The van der Waals surface area contributed by atoms with Gasteiger partial charge in [0.15, 0.2) is 0 Å². The van der Waals surface area contributed by atoms with Crippen LogP contribution in [0.1, 0.15) is 33.6 Å². The molecule has 0 aromatic heterocycles. The van der Waals surface area contributed by atoms with Crippen LogP contribution in [-0.4, -0.2) is 40.7 Å². The molecule has 1 unspecified atom stereocenters. The van der Waals surface area contributed by atoms with E-state index in [1.165, 1.54) is 0 Å². The number of hydrogen-bond donors (Lipinski definition) is 3. The fourth-order valence-corrected chi connectivity index (χ4v) is 1.92. The van der Waals surface area contributed by atoms with Crippen LogP contribution in [0.15, 0.2) is 0 Å². The van der Waals surface area contributed by atoms with Gasteiger partial charge < -0.3 is 15.7 Å². The number of carbonyl (C=O) groups is 2. The van der Waals surface area contributed by atoms with Crippen molar-refractivity contribution in [3.05, 3.63) is 0 Å². The van der Waals surface area contributed by atoms with Crippen molar-refractivity contribution in [3.63, 3.8) is 0 Å². The van der Waals surface area contributed by atoms with Gasteiger partial charge >= 0.3 is 12.0 Å². The van der Waals surface area contributed by atoms with Crippen molar-refractivity contribution in [1.29, 1.82) is 0 Å². The Labute approximate surface area is 107 Å². The van der Waals surface area contributed by atoms with Gasteiger partial charge in [0.25, 0.3) is 0 Å². The minimum atomic E-state index is -0.851. The lowest BCUT2D eigenvalue weighted by Gasteiger charge is -2.26. The zero-order chi connectivity index (χ0) is 13.5. The SMILES string of the molecule is CSCC(C)NC(=O)NC(C)(C)CCC(=O)O. The topological polar surface area (TPSA) is 78.4 Å². The van der Waals surface area contributed by atoms with E-state index in [0.717, 1.165) is 5.75 Å². The third-order valence-corrected chi connectivity index (χ3v) is 3.04. The number of hydrogen-bond acceptors (Lipinski definition) is 3. The molecular weight excluding hydrogens is 240 g/mol. The van der Waals surface area contributed by atoms with Gasteiger partial charge in [-0.2, -0.15) is 11.8 Å². The summed E-state index contributed by atoms with van der Waals surface area (Å²) in [5, 5.41) is 14.2. The van der Waals surface area contributed by atoms with Gasteiger partial charge in [0, 0.05) is 23.8 Å². The minimum Gasteiger partial charge on any atom is -0.481 e. The Morgan fingerprint density at radius 1 is 1.41 bits per heavy atom. The molecule has 3 N–H and O–H groups in total. The molecular formula is C11H22N2O3S. The Kier molecular flexibility index (Phi) is 7.03. The zero-order valence-electron chi connectivity index (χ0n) is 10.9. The molecule has 0 saturated carbocycles. The summed E-state index contributed by atoms with van der Waals surface area (Å²) in [5.74, 6) is -0.000721. The summed E-state index contributed by atoms with van der Waals surface area (Å²) < 4.78 is 0. The fraction of sp³-hybridized carbons (Fsp3) is 0.818. The van der Waals surface area contributed by atoms with Gasteiger partial charge in [0.1, 0.15) is 0 Å². The molecule has 0 aliphatic rings. The average Bonchev–Trinajstić information content (AvgIpc) is 2.14. The van der Waals surface area contributed by atoms with E-state index in [1.54, 1.807) is 11.8 Å². The van der Waals surface area contributed by atoms with Crippen molar-refractivity contribution in [2.24, 2.45) is 0 Å². The zero-order valence-corrected chi connectivity index (χ0v) is 11.7. The largest absolute Gasteiger partial charge is 0.481 e. The van der Waals surface area contributed by atoms with E-state index in [1.807, 2.05) is 27.0 Å². The molecule has 0 bridgehead atoms. The lowest BCUT2D eigenvalue weighted by atomic mass is 9.99. The number of thioether (sulfide) groups is 1. The van der Waals surface area contributed by atoms with Gasteiger partial charge in [0.2, 0.25) is 0 Å². The monoisotopic (exact) mass is 262 g/mol. The molecule has 0 aromatic rings. The van der Waals surface area contributed by atoms with Gasteiger partial charge in [-0.1, -0.05) is 0 Å². The lowest BCUT2D eigenvalue weighted by Crippen LogP contribution is -2.51. The predicted octanol–water partition coefficient (Wildman–Crippen LogP) is 1.68. The molecule has 2 amide bonds. The molecule has 0 radical (unpaired) electrons. The van der Waals surface area contributed by atoms with Crippen molar-refractivity contribution in [2.75, 3.05) is 12.0 Å². The summed E-state index contributed by atoms with van der Waals surface area (Å²) >= 11 is 1.66. The molecule has 0 aliphatic heterocycles. The number of amides is 2. The average molecular weight is 262 g/mol. The fourth-order valence-electron chi connectivity index (χ4n) is 1.34. The van der Waals surface area contributed by atoms with E-state index < -0.39 is 11.5 Å². The number of carboxylic acid groups (broad SMARTS) is 1. The van der Waals surface area contributed by atoms with Crippen LogP contribution in [0.4, 0.5) is 4.79 Å². The molecule has 0 fully saturated rings. The molecule has 0 aromatic carbocycles. The lowest BCUT2D eigenvalue weighted by molar-refractivity contribution is -0.137. The van der Waals surface area contributed by atoms with E-state index in [2.05, 4.69) is 10.6 Å². The Bertz CT molecular complexity index is 269. The van der Waals surface area contributed by atoms with Gasteiger partial charge in [0.05, 0.1) is 0 Å². The second-order valence-corrected chi connectivity index (χ2v) is 5.64. The Morgan fingerprint density at radius 3 is 2.47 bits per heavy atom. The van der Waals surface area contributed by atoms with Crippen LogP contribution in [0.3, 0.4) is 0 Å². The minimum absolute atomic E-state index is 0.0493. The summed E-state index contributed by atoms with van der Waals surface area (Å²) in [6.07, 6.45) is 2.44. The Morgan fingerprint density at radius 2 is 2.00 bits per heavy atom. The maximum Gasteiger partial charge on any atom is 0.315 e. The highest BCUT2D eigenvalue weighted by molar-refractivity contribution is 7.98. The van der Waals surface area contributed by atoms with Crippen molar-refractivity contribution in [2.45, 2.75) is 45.2 Å². The summed E-state index contributed by atoms with van der Waals surface area (Å²) in [5.41, 5.74) is -0.512. The number of nitrogens with one attached hydrogen (secondary N) is 2. The molecule has 6 heteroatoms. The second-order valence-electron chi connectivity index (χ2n) is 4.73. The Balaban J connectivity index is 4.03. The molecule has 0 heterocycles. The van der Waals surface area contributed by atoms with Crippen LogP contribution in [0, 0.1) is 0 Å². The third-order valence-electron chi connectivity index (χ3n) is 2.21. The number of rotatable bonds is 7. The smallest absolute Gasteiger partial charge is 0.315 e. The highest BCUT2D eigenvalue weighted by atomic mass is 32.2. The van der Waals surface area contributed by atoms with Crippen LogP contribution in [0.5, 0.6) is 0 Å². The Hall–Kier alpha value is -0.910. The maximum atomic E-state index is 11.6. The van der Waals surface area contributed by atoms with E-state index in [9.17, 15) is 9.59 Å². The van der Waals surface area contributed by atoms with Crippen LogP contribution in [0.25, 0.3) is 0 Å². The van der Waals surface area contributed by atoms with Crippen LogP contribution < -0.4 is 10.6 Å². The number of aliphatic carboxylic acids is 1. The number of carbonyl (C=O) groups excluding carboxylic acids is 1. The van der Waals surface area contributed by atoms with Crippen LogP contribution in [-0.2, 0) is 4.79 Å². The normalized spacial score (nSPS) is 12.9. The van der Waals surface area contributed by atoms with E-state index in [-0.39, 0.29) is 18.5 Å². The summed E-state index contributed by atoms with van der Waals surface area (Å²) in [6.45, 7) is 5.56. The van der Waals surface area contributed by atoms with Crippen LogP contribution in [0.2, 0.25) is 0 Å². The number of carboxylic acids is 1. The molecule has 5 nitrogen and oxygen atoms in total. The first-order chi connectivity index (χ1) is 7.76. The van der Waals surface area contributed by atoms with Crippen molar-refractivity contribution in [3.8, 4) is 0 Å². The van der Waals surface area contributed by atoms with Crippen molar-refractivity contribution >= 4 is 23.8 Å². The third kappa shape index (κ3) is 8.85. The molecule has 0 spiro atoms. The van der Waals surface area contributed by atoms with Gasteiger partial charge in [-0.15, -0.1) is 0 Å². The van der Waals surface area contributed by atoms with Gasteiger partial charge in [-0.3, -0.25) is 4.79 Å². The maximum absolute atomic E-state index is 11.6. The molecule has 17 heavy (non-hydrogen) atoms. The van der Waals surface area contributed by atoms with E-state index in [0.29, 0.717) is 6.42 Å². The summed E-state index contributed by atoms with van der Waals surface area (Å²) in [7, 11) is 0. The molecule has 100 valence electrons. The molecule has 1 atom stereocenters. The summed E-state index contributed by atoms with van der Waals surface area (Å²) in [6, 6.07) is -0.151. The highest BCUT2D eigenvalue weighted by Crippen LogP contribution is 2.11. The second kappa shape index (κ2) is 7.42. The van der Waals surface area contributed by atoms with E-state index in [4.69, 9.17) is 5.11 Å². The van der Waals surface area contributed by atoms with Crippen molar-refractivity contribution in [1.82, 2.24) is 10.6 Å². The van der Waals surface area contributed by atoms with E-state index >= 15 is 0 Å². The van der Waals surface area contributed by atoms with Crippen molar-refractivity contribution < 1.29 is 14.7 Å². The predicted molar refractivity (Wildman–Crippen MR) is 70.5 cm³/mol. The first-order valence-electron chi connectivity index (χ1n) is 5.56. The standard InChI is InChI=1S/C11H22N2O3S/c1-8(7-17-4)12-10(16)13-11(2,3)6-5-9(14)15/h8H,5-7H2,1-4H3,(H,14,15)(H2,12,13,16). The van der Waals surface area contributed by atoms with Gasteiger partial charge in [-0.25, -0.2) is 4.79 Å². The molecule has 0 saturated heterocycles. The van der Waals surface area contributed by atoms with Crippen LogP contribution >= 0.6 is 11.8 Å². The quantitative estimate of drug-likeness (QED) is 0.652.